The lowest BCUT2D eigenvalue weighted by Crippen LogP contribution is -2.39. The second kappa shape index (κ2) is 5.74. The van der Waals surface area contributed by atoms with Crippen LogP contribution in [0.4, 0.5) is 0 Å². The molecule has 0 fully saturated rings. The summed E-state index contributed by atoms with van der Waals surface area (Å²) >= 11 is 0. The predicted octanol–water partition coefficient (Wildman–Crippen LogP) is 2.27. The van der Waals surface area contributed by atoms with E-state index in [1.807, 2.05) is 51.1 Å². The summed E-state index contributed by atoms with van der Waals surface area (Å²) in [4.78, 5) is 24.2. The number of aryl methyl sites for hydroxylation is 1. The van der Waals surface area contributed by atoms with Crippen LogP contribution in [0.5, 0.6) is 0 Å². The van der Waals surface area contributed by atoms with Crippen LogP contribution >= 0.6 is 0 Å². The fourth-order valence-electron chi connectivity index (χ4n) is 1.91. The van der Waals surface area contributed by atoms with Crippen molar-refractivity contribution < 1.29 is 0 Å². The van der Waals surface area contributed by atoms with Crippen molar-refractivity contribution in [1.82, 2.24) is 9.13 Å². The first-order valence-corrected chi connectivity index (χ1v) is 6.51. The van der Waals surface area contributed by atoms with E-state index in [0.717, 1.165) is 11.1 Å². The van der Waals surface area contributed by atoms with E-state index in [4.69, 9.17) is 0 Å². The first kappa shape index (κ1) is 14.1. The van der Waals surface area contributed by atoms with E-state index in [2.05, 4.69) is 0 Å². The smallest absolute Gasteiger partial charge is 0.305 e. The van der Waals surface area contributed by atoms with Gasteiger partial charge in [-0.1, -0.05) is 23.8 Å². The molecule has 104 valence electrons. The molecule has 0 unspecified atom stereocenters. The molecule has 0 spiro atoms. The number of hydrogen-bond donors (Lipinski definition) is 0. The summed E-state index contributed by atoms with van der Waals surface area (Å²) in [6.07, 6.45) is 5.20. The van der Waals surface area contributed by atoms with Crippen molar-refractivity contribution in [3.05, 3.63) is 74.6 Å². The van der Waals surface area contributed by atoms with Gasteiger partial charge in [0.05, 0.1) is 0 Å². The van der Waals surface area contributed by atoms with Crippen LogP contribution < -0.4 is 11.1 Å². The number of hydrogen-bond acceptors (Lipinski definition) is 2. The van der Waals surface area contributed by atoms with Crippen molar-refractivity contribution >= 4 is 0 Å². The highest BCUT2D eigenvalue weighted by Gasteiger charge is 2.05. The maximum absolute atomic E-state index is 12.2. The van der Waals surface area contributed by atoms with Gasteiger partial charge in [0, 0.05) is 24.6 Å². The Hall–Kier alpha value is -2.36. The molecule has 1 heterocycles. The Labute approximate surface area is 117 Å². The fraction of sp³-hybridized carbons (Fsp3) is 0.250. The van der Waals surface area contributed by atoms with Crippen LogP contribution in [0.2, 0.25) is 0 Å². The Morgan fingerprint density at radius 2 is 1.90 bits per heavy atom. The van der Waals surface area contributed by atoms with E-state index < -0.39 is 11.1 Å². The highest BCUT2D eigenvalue weighted by molar-refractivity contribution is 5.35. The zero-order valence-corrected chi connectivity index (χ0v) is 12.0. The lowest BCUT2D eigenvalue weighted by Gasteiger charge is -2.08. The highest BCUT2D eigenvalue weighted by Crippen LogP contribution is 2.06. The minimum atomic E-state index is -0.528. The summed E-state index contributed by atoms with van der Waals surface area (Å²) in [6, 6.07) is 7.51. The highest BCUT2D eigenvalue weighted by atomic mass is 16.2. The van der Waals surface area contributed by atoms with E-state index >= 15 is 0 Å². The van der Waals surface area contributed by atoms with Gasteiger partial charge in [0.25, 0.3) is 0 Å². The number of nitrogens with zero attached hydrogens (tertiary/aromatic N) is 2. The largest absolute Gasteiger partial charge is 0.320 e. The molecule has 0 amide bonds. The molecule has 4 nitrogen and oxygen atoms in total. The third-order valence-corrected chi connectivity index (χ3v) is 3.03. The molecule has 0 atom stereocenters. The first-order chi connectivity index (χ1) is 9.49. The molecule has 0 aliphatic rings. The van der Waals surface area contributed by atoms with Gasteiger partial charge in [-0.05, 0) is 38.5 Å². The Balaban J connectivity index is 2.49. The molecule has 0 aliphatic heterocycles. The molecule has 0 bridgehead atoms. The molecular formula is C16H18N2O2. The van der Waals surface area contributed by atoms with E-state index in [1.165, 1.54) is 9.13 Å². The van der Waals surface area contributed by atoms with Gasteiger partial charge >= 0.3 is 11.1 Å². The molecule has 0 radical (unpaired) electrons. The normalized spacial score (nSPS) is 10.3. The molecule has 4 heteroatoms. The third kappa shape index (κ3) is 2.96. The summed E-state index contributed by atoms with van der Waals surface area (Å²) in [5.41, 5.74) is 1.83. The maximum Gasteiger partial charge on any atom is 0.320 e. The topological polar surface area (TPSA) is 44.0 Å². The SMILES string of the molecule is CC(C)=CCn1ccn(-c2cccc(C)c2)c(=O)c1=O. The van der Waals surface area contributed by atoms with Crippen molar-refractivity contribution in [1.29, 1.82) is 0 Å². The van der Waals surface area contributed by atoms with Crippen molar-refractivity contribution in [2.24, 2.45) is 0 Å². The summed E-state index contributed by atoms with van der Waals surface area (Å²) in [6.45, 7) is 6.29. The van der Waals surface area contributed by atoms with Crippen molar-refractivity contribution in [3.8, 4) is 5.69 Å². The van der Waals surface area contributed by atoms with E-state index in [9.17, 15) is 9.59 Å². The quantitative estimate of drug-likeness (QED) is 0.634. The van der Waals surface area contributed by atoms with Gasteiger partial charge in [-0.15, -0.1) is 0 Å². The molecule has 0 saturated carbocycles. The van der Waals surface area contributed by atoms with Gasteiger partial charge in [-0.25, -0.2) is 0 Å². The number of benzene rings is 1. The van der Waals surface area contributed by atoms with Gasteiger partial charge in [0.2, 0.25) is 0 Å². The Kier molecular flexibility index (Phi) is 4.03. The summed E-state index contributed by atoms with van der Waals surface area (Å²) < 4.78 is 2.80. The molecule has 20 heavy (non-hydrogen) atoms. The van der Waals surface area contributed by atoms with Crippen LogP contribution in [0.15, 0.2) is 57.9 Å². The number of aromatic nitrogens is 2. The molecule has 0 aliphatic carbocycles. The number of rotatable bonds is 3. The maximum atomic E-state index is 12.2. The first-order valence-electron chi connectivity index (χ1n) is 6.51. The minimum absolute atomic E-state index is 0.422. The molecule has 0 saturated heterocycles. The van der Waals surface area contributed by atoms with E-state index in [1.54, 1.807) is 12.4 Å². The van der Waals surface area contributed by atoms with Gasteiger partial charge in [-0.2, -0.15) is 0 Å². The third-order valence-electron chi connectivity index (χ3n) is 3.03. The lowest BCUT2D eigenvalue weighted by atomic mass is 10.2. The second-order valence-corrected chi connectivity index (χ2v) is 5.05. The predicted molar refractivity (Wildman–Crippen MR) is 80.5 cm³/mol. The summed E-state index contributed by atoms with van der Waals surface area (Å²) in [7, 11) is 0. The fourth-order valence-corrected chi connectivity index (χ4v) is 1.91. The Morgan fingerprint density at radius 3 is 2.55 bits per heavy atom. The molecule has 0 N–H and O–H groups in total. The summed E-state index contributed by atoms with van der Waals surface area (Å²) in [5.74, 6) is 0. The van der Waals surface area contributed by atoms with Gasteiger partial charge < -0.3 is 4.57 Å². The molecule has 2 rings (SSSR count). The average molecular weight is 270 g/mol. The molecular weight excluding hydrogens is 252 g/mol. The van der Waals surface area contributed by atoms with E-state index in [-0.39, 0.29) is 0 Å². The van der Waals surface area contributed by atoms with Crippen LogP contribution in [0.25, 0.3) is 5.69 Å². The monoisotopic (exact) mass is 270 g/mol. The Morgan fingerprint density at radius 1 is 1.15 bits per heavy atom. The molecule has 1 aromatic heterocycles. The van der Waals surface area contributed by atoms with E-state index in [0.29, 0.717) is 12.2 Å². The van der Waals surface area contributed by atoms with Gasteiger partial charge in [0.1, 0.15) is 0 Å². The van der Waals surface area contributed by atoms with Gasteiger partial charge in [0.15, 0.2) is 0 Å². The van der Waals surface area contributed by atoms with Crippen molar-refractivity contribution in [2.45, 2.75) is 27.3 Å². The number of allylic oxidation sites excluding steroid dienone is 2. The van der Waals surface area contributed by atoms with Crippen LogP contribution in [0.1, 0.15) is 19.4 Å². The van der Waals surface area contributed by atoms with Gasteiger partial charge in [-0.3, -0.25) is 14.2 Å². The van der Waals surface area contributed by atoms with Crippen LogP contribution in [0.3, 0.4) is 0 Å². The Bertz CT molecular complexity index is 763. The van der Waals surface area contributed by atoms with Crippen molar-refractivity contribution in [3.63, 3.8) is 0 Å². The zero-order valence-electron chi connectivity index (χ0n) is 12.0. The average Bonchev–Trinajstić information content (AvgIpc) is 2.40. The van der Waals surface area contributed by atoms with Crippen LogP contribution in [0, 0.1) is 6.92 Å². The zero-order chi connectivity index (χ0) is 14.7. The minimum Gasteiger partial charge on any atom is -0.305 e. The van der Waals surface area contributed by atoms with Crippen LogP contribution in [-0.2, 0) is 6.54 Å². The lowest BCUT2D eigenvalue weighted by molar-refractivity contribution is 0.729. The van der Waals surface area contributed by atoms with Crippen LogP contribution in [-0.4, -0.2) is 9.13 Å². The standard InChI is InChI=1S/C16H18N2O2/c1-12(2)7-8-17-9-10-18(16(20)15(17)19)14-6-4-5-13(3)11-14/h4-7,9-11H,8H2,1-3H3. The molecule has 2 aromatic rings. The molecule has 1 aromatic carbocycles. The summed E-state index contributed by atoms with van der Waals surface area (Å²) in [5, 5.41) is 0. The van der Waals surface area contributed by atoms with Crippen molar-refractivity contribution in [2.75, 3.05) is 0 Å². The second-order valence-electron chi connectivity index (χ2n) is 5.05.